The first-order valence-corrected chi connectivity index (χ1v) is 7.69. The quantitative estimate of drug-likeness (QED) is 0.856. The molecule has 1 fully saturated rings. The number of hydrogen-bond acceptors (Lipinski definition) is 4. The fourth-order valence-electron chi connectivity index (χ4n) is 2.49. The number of benzene rings is 1. The summed E-state index contributed by atoms with van der Waals surface area (Å²) in [5, 5.41) is 2.76. The Morgan fingerprint density at radius 1 is 1.42 bits per heavy atom. The van der Waals surface area contributed by atoms with E-state index < -0.39 is 12.3 Å². The van der Waals surface area contributed by atoms with Gasteiger partial charge in [-0.1, -0.05) is 18.2 Å². The summed E-state index contributed by atoms with van der Waals surface area (Å²) in [6, 6.07) is 7.32. The molecule has 1 aromatic carbocycles. The van der Waals surface area contributed by atoms with Crippen molar-refractivity contribution in [3.05, 3.63) is 29.8 Å². The van der Waals surface area contributed by atoms with Crippen molar-refractivity contribution in [3.8, 4) is 5.75 Å². The van der Waals surface area contributed by atoms with Crippen LogP contribution in [0.4, 0.5) is 13.2 Å². The molecule has 24 heavy (non-hydrogen) atoms. The minimum absolute atomic E-state index is 0.0208. The van der Waals surface area contributed by atoms with Crippen molar-refractivity contribution in [1.82, 2.24) is 10.2 Å². The van der Waals surface area contributed by atoms with Crippen LogP contribution in [0.25, 0.3) is 0 Å². The van der Waals surface area contributed by atoms with Crippen molar-refractivity contribution in [2.75, 3.05) is 33.4 Å². The molecule has 0 unspecified atom stereocenters. The molecule has 0 bridgehead atoms. The van der Waals surface area contributed by atoms with Crippen LogP contribution in [0.1, 0.15) is 12.0 Å². The summed E-state index contributed by atoms with van der Waals surface area (Å²) in [5.74, 6) is 0.468. The van der Waals surface area contributed by atoms with Crippen LogP contribution in [0, 0.1) is 0 Å². The van der Waals surface area contributed by atoms with Crippen molar-refractivity contribution in [3.63, 3.8) is 0 Å². The zero-order chi connectivity index (χ0) is 17.6. The van der Waals surface area contributed by atoms with Gasteiger partial charge in [-0.3, -0.25) is 9.69 Å². The number of rotatable bonds is 6. The molecule has 134 valence electrons. The molecule has 1 aromatic rings. The van der Waals surface area contributed by atoms with Crippen molar-refractivity contribution in [2.45, 2.75) is 25.2 Å². The van der Waals surface area contributed by atoms with E-state index >= 15 is 0 Å². The first-order chi connectivity index (χ1) is 11.4. The molecule has 1 amide bonds. The molecule has 1 N–H and O–H groups in total. The first-order valence-electron chi connectivity index (χ1n) is 7.69. The zero-order valence-corrected chi connectivity index (χ0v) is 13.4. The third-order valence-electron chi connectivity index (χ3n) is 3.84. The largest absolute Gasteiger partial charge is 0.496 e. The Kier molecular flexibility index (Phi) is 6.44. The number of alkyl halides is 3. The third-order valence-corrected chi connectivity index (χ3v) is 3.84. The number of halogens is 3. The van der Waals surface area contributed by atoms with Crippen LogP contribution in [-0.2, 0) is 16.1 Å². The highest BCUT2D eigenvalue weighted by Crippen LogP contribution is 2.25. The molecule has 1 atom stereocenters. The lowest BCUT2D eigenvalue weighted by Crippen LogP contribution is -2.49. The third kappa shape index (κ3) is 5.38. The SMILES string of the molecule is COc1ccccc1CNC(=O)CCN1CCO[C@H](C(F)(F)F)C1. The molecular weight excluding hydrogens is 325 g/mol. The second-order valence-electron chi connectivity index (χ2n) is 5.54. The molecule has 1 aliphatic heterocycles. The highest BCUT2D eigenvalue weighted by molar-refractivity contribution is 5.76. The van der Waals surface area contributed by atoms with E-state index in [1.54, 1.807) is 18.1 Å². The topological polar surface area (TPSA) is 50.8 Å². The molecular formula is C16H21F3N2O3. The molecule has 1 aliphatic rings. The van der Waals surface area contributed by atoms with Crippen LogP contribution in [0.2, 0.25) is 0 Å². The van der Waals surface area contributed by atoms with E-state index in [0.29, 0.717) is 18.8 Å². The Bertz CT molecular complexity index is 552. The number of morpholine rings is 1. The number of para-hydroxylation sites is 1. The van der Waals surface area contributed by atoms with Crippen LogP contribution in [0.5, 0.6) is 5.75 Å². The summed E-state index contributed by atoms with van der Waals surface area (Å²) < 4.78 is 47.9. The predicted octanol–water partition coefficient (Wildman–Crippen LogP) is 1.96. The Hall–Kier alpha value is -1.80. The highest BCUT2D eigenvalue weighted by Gasteiger charge is 2.43. The average molecular weight is 346 g/mol. The van der Waals surface area contributed by atoms with Crippen LogP contribution in [0.15, 0.2) is 24.3 Å². The number of nitrogens with one attached hydrogen (secondary N) is 1. The summed E-state index contributed by atoms with van der Waals surface area (Å²) >= 11 is 0. The van der Waals surface area contributed by atoms with Crippen molar-refractivity contribution >= 4 is 5.91 Å². The fourth-order valence-corrected chi connectivity index (χ4v) is 2.49. The number of ether oxygens (including phenoxy) is 2. The maximum absolute atomic E-state index is 12.7. The number of nitrogens with zero attached hydrogens (tertiary/aromatic N) is 1. The van der Waals surface area contributed by atoms with E-state index in [0.717, 1.165) is 5.56 Å². The molecule has 0 saturated carbocycles. The van der Waals surface area contributed by atoms with E-state index in [9.17, 15) is 18.0 Å². The van der Waals surface area contributed by atoms with Crippen molar-refractivity contribution < 1.29 is 27.4 Å². The van der Waals surface area contributed by atoms with Gasteiger partial charge in [-0.25, -0.2) is 0 Å². The number of amides is 1. The van der Waals surface area contributed by atoms with Gasteiger partial charge in [0.2, 0.25) is 5.91 Å². The van der Waals surface area contributed by atoms with Gasteiger partial charge in [0.05, 0.1) is 13.7 Å². The summed E-state index contributed by atoms with van der Waals surface area (Å²) in [6.07, 6.45) is -6.01. The molecule has 2 rings (SSSR count). The van der Waals surface area contributed by atoms with E-state index in [-0.39, 0.29) is 32.0 Å². The van der Waals surface area contributed by atoms with Crippen molar-refractivity contribution in [2.24, 2.45) is 0 Å². The van der Waals surface area contributed by atoms with Gasteiger partial charge in [-0.05, 0) is 6.07 Å². The lowest BCUT2D eigenvalue weighted by Gasteiger charge is -2.33. The maximum Gasteiger partial charge on any atom is 0.415 e. The normalized spacial score (nSPS) is 19.1. The van der Waals surface area contributed by atoms with Gasteiger partial charge in [-0.15, -0.1) is 0 Å². The smallest absolute Gasteiger partial charge is 0.415 e. The van der Waals surface area contributed by atoms with Gasteiger partial charge in [0, 0.05) is 38.2 Å². The van der Waals surface area contributed by atoms with Crippen LogP contribution < -0.4 is 10.1 Å². The molecule has 0 spiro atoms. The second-order valence-corrected chi connectivity index (χ2v) is 5.54. The Morgan fingerprint density at radius 2 is 2.17 bits per heavy atom. The Labute approximate surface area is 138 Å². The Balaban J connectivity index is 1.75. The van der Waals surface area contributed by atoms with E-state index in [2.05, 4.69) is 5.32 Å². The monoisotopic (exact) mass is 346 g/mol. The lowest BCUT2D eigenvalue weighted by atomic mass is 10.2. The van der Waals surface area contributed by atoms with Gasteiger partial charge in [-0.2, -0.15) is 13.2 Å². The predicted molar refractivity (Wildman–Crippen MR) is 81.7 cm³/mol. The molecule has 1 saturated heterocycles. The molecule has 0 aromatic heterocycles. The zero-order valence-electron chi connectivity index (χ0n) is 13.4. The summed E-state index contributed by atoms with van der Waals surface area (Å²) in [4.78, 5) is 13.5. The minimum atomic E-state index is -4.37. The number of carbonyl (C=O) groups is 1. The van der Waals surface area contributed by atoms with Gasteiger partial charge >= 0.3 is 6.18 Å². The fraction of sp³-hybridized carbons (Fsp3) is 0.562. The number of carbonyl (C=O) groups excluding carboxylic acids is 1. The highest BCUT2D eigenvalue weighted by atomic mass is 19.4. The van der Waals surface area contributed by atoms with Gasteiger partial charge < -0.3 is 14.8 Å². The lowest BCUT2D eigenvalue weighted by molar-refractivity contribution is -0.237. The number of hydrogen-bond donors (Lipinski definition) is 1. The van der Waals surface area contributed by atoms with Gasteiger partial charge in [0.1, 0.15) is 5.75 Å². The van der Waals surface area contributed by atoms with Crippen LogP contribution >= 0.6 is 0 Å². The standard InChI is InChI=1S/C16H21F3N2O3/c1-23-13-5-3-2-4-12(13)10-20-15(22)6-7-21-8-9-24-14(11-21)16(17,18)19/h2-5,14H,6-11H2,1H3,(H,20,22)/t14-/m0/s1. The molecule has 0 radical (unpaired) electrons. The van der Waals surface area contributed by atoms with Crippen LogP contribution in [-0.4, -0.2) is 56.4 Å². The van der Waals surface area contributed by atoms with E-state index in [1.165, 1.54) is 0 Å². The summed E-state index contributed by atoms with van der Waals surface area (Å²) in [6.45, 7) is 0.771. The first kappa shape index (κ1) is 18.5. The minimum Gasteiger partial charge on any atom is -0.496 e. The van der Waals surface area contributed by atoms with Gasteiger partial charge in [0.25, 0.3) is 0 Å². The average Bonchev–Trinajstić information content (AvgIpc) is 2.58. The maximum atomic E-state index is 12.7. The summed E-state index contributed by atoms with van der Waals surface area (Å²) in [7, 11) is 1.55. The second kappa shape index (κ2) is 8.34. The van der Waals surface area contributed by atoms with Gasteiger partial charge in [0.15, 0.2) is 6.10 Å². The summed E-state index contributed by atoms with van der Waals surface area (Å²) in [5.41, 5.74) is 0.844. The Morgan fingerprint density at radius 3 is 2.88 bits per heavy atom. The van der Waals surface area contributed by atoms with Crippen LogP contribution in [0.3, 0.4) is 0 Å². The van der Waals surface area contributed by atoms with E-state index in [1.807, 2.05) is 18.2 Å². The molecule has 0 aliphatic carbocycles. The molecule has 5 nitrogen and oxygen atoms in total. The molecule has 8 heteroatoms. The van der Waals surface area contributed by atoms with Crippen molar-refractivity contribution in [1.29, 1.82) is 0 Å². The molecule has 1 heterocycles. The van der Waals surface area contributed by atoms with E-state index in [4.69, 9.17) is 9.47 Å². The number of methoxy groups -OCH3 is 1.